The molecule has 5 nitrogen and oxygen atoms in total. The molecule has 1 saturated heterocycles. The first-order valence-electron chi connectivity index (χ1n) is 14.5. The molecule has 4 unspecified atom stereocenters. The predicted molar refractivity (Wildman–Crippen MR) is 134 cm³/mol. The molecule has 0 aromatic heterocycles. The Morgan fingerprint density at radius 2 is 1.38 bits per heavy atom. The fourth-order valence-corrected chi connectivity index (χ4v) is 10.8. The molecule has 5 aliphatic rings. The van der Waals surface area contributed by atoms with E-state index in [1.54, 1.807) is 7.11 Å². The number of fused-ring (bicyclic) bond motifs is 1. The molecule has 5 rings (SSSR count). The molecule has 4 aliphatic carbocycles. The molecule has 0 N–H and O–H groups in total. The van der Waals surface area contributed by atoms with Crippen LogP contribution in [0.5, 0.6) is 0 Å². The average molecular weight is 495 g/mol. The summed E-state index contributed by atoms with van der Waals surface area (Å²) in [5, 5.41) is 0. The van der Waals surface area contributed by atoms with Crippen LogP contribution in [0.2, 0.25) is 0 Å². The highest BCUT2D eigenvalue weighted by Crippen LogP contribution is 2.61. The van der Waals surface area contributed by atoms with Crippen molar-refractivity contribution in [1.82, 2.24) is 0 Å². The van der Waals surface area contributed by atoms with Crippen LogP contribution in [0.1, 0.15) is 116 Å². The summed E-state index contributed by atoms with van der Waals surface area (Å²) < 4.78 is 32.1. The smallest absolute Gasteiger partial charge is 0.333 e. The van der Waals surface area contributed by atoms with E-state index in [9.17, 15) is 9.36 Å². The van der Waals surface area contributed by atoms with E-state index >= 15 is 0 Å². The number of hydrogen-bond acceptors (Lipinski definition) is 5. The highest BCUT2D eigenvalue weighted by molar-refractivity contribution is 7.54. The van der Waals surface area contributed by atoms with E-state index in [1.807, 2.05) is 0 Å². The van der Waals surface area contributed by atoms with E-state index in [0.29, 0.717) is 17.8 Å². The van der Waals surface area contributed by atoms with Gasteiger partial charge in [0.25, 0.3) is 0 Å². The van der Waals surface area contributed by atoms with Crippen molar-refractivity contribution in [3.8, 4) is 0 Å². The van der Waals surface area contributed by atoms with Crippen LogP contribution in [0.3, 0.4) is 0 Å². The fourth-order valence-electron chi connectivity index (χ4n) is 8.60. The third-order valence-corrected chi connectivity index (χ3v) is 13.0. The molecule has 1 heterocycles. The zero-order valence-electron chi connectivity index (χ0n) is 21.6. The van der Waals surface area contributed by atoms with Crippen LogP contribution in [0.15, 0.2) is 0 Å². The minimum atomic E-state index is -3.06. The summed E-state index contributed by atoms with van der Waals surface area (Å²) in [5.41, 5.74) is -0.194. The van der Waals surface area contributed by atoms with Crippen LogP contribution in [-0.4, -0.2) is 30.4 Å². The predicted octanol–water partition coefficient (Wildman–Crippen LogP) is 7.66. The number of cyclic esters (lactones) is 1. The normalized spacial score (nSPS) is 43.6. The van der Waals surface area contributed by atoms with Gasteiger partial charge in [0.2, 0.25) is 0 Å². The van der Waals surface area contributed by atoms with E-state index in [2.05, 4.69) is 6.92 Å². The van der Waals surface area contributed by atoms with Gasteiger partial charge in [0.1, 0.15) is 5.60 Å². The largest absolute Gasteiger partial charge is 0.458 e. The van der Waals surface area contributed by atoms with Gasteiger partial charge in [0.05, 0.1) is 17.7 Å². The second-order valence-electron chi connectivity index (χ2n) is 12.3. The lowest BCUT2D eigenvalue weighted by Gasteiger charge is -2.51. The number of carbonyl (C=O) groups is 1. The maximum Gasteiger partial charge on any atom is 0.333 e. The summed E-state index contributed by atoms with van der Waals surface area (Å²) in [5.74, 6) is 2.35. The van der Waals surface area contributed by atoms with E-state index in [-0.39, 0.29) is 29.3 Å². The zero-order valence-corrected chi connectivity index (χ0v) is 22.4. The van der Waals surface area contributed by atoms with E-state index in [0.717, 1.165) is 70.1 Å². The third kappa shape index (κ3) is 4.68. The van der Waals surface area contributed by atoms with Gasteiger partial charge in [-0.15, -0.1) is 0 Å². The molecule has 1 aliphatic heterocycles. The Balaban J connectivity index is 1.30. The fraction of sp³-hybridized carbons (Fsp3) is 0.964. The van der Waals surface area contributed by atoms with Gasteiger partial charge >= 0.3 is 13.6 Å². The summed E-state index contributed by atoms with van der Waals surface area (Å²) >= 11 is 0. The molecule has 5 fully saturated rings. The molecule has 0 bridgehead atoms. The van der Waals surface area contributed by atoms with Crippen LogP contribution in [-0.2, 0) is 23.1 Å². The van der Waals surface area contributed by atoms with Crippen molar-refractivity contribution in [2.24, 2.45) is 29.6 Å². The van der Waals surface area contributed by atoms with Crippen molar-refractivity contribution in [3.63, 3.8) is 0 Å². The zero-order chi connectivity index (χ0) is 23.8. The summed E-state index contributed by atoms with van der Waals surface area (Å²) in [6, 6.07) is 0. The molecule has 0 amide bonds. The monoisotopic (exact) mass is 494 g/mol. The first-order valence-corrected chi connectivity index (χ1v) is 16.1. The van der Waals surface area contributed by atoms with E-state index in [4.69, 9.17) is 13.8 Å². The van der Waals surface area contributed by atoms with Gasteiger partial charge in [-0.1, -0.05) is 51.9 Å². The first-order chi connectivity index (χ1) is 16.5. The minimum Gasteiger partial charge on any atom is -0.458 e. The molecule has 0 aromatic rings. The number of rotatable bonds is 6. The lowest BCUT2D eigenvalue weighted by Crippen LogP contribution is -2.53. The van der Waals surface area contributed by atoms with Crippen molar-refractivity contribution in [3.05, 3.63) is 0 Å². The Hall–Kier alpha value is -0.380. The Morgan fingerprint density at radius 3 is 2.03 bits per heavy atom. The maximum atomic E-state index is 13.6. The van der Waals surface area contributed by atoms with E-state index in [1.165, 1.54) is 44.9 Å². The Morgan fingerprint density at radius 1 is 0.794 bits per heavy atom. The van der Waals surface area contributed by atoms with Gasteiger partial charge in [-0.3, -0.25) is 9.36 Å². The second-order valence-corrected chi connectivity index (χ2v) is 14.7. The number of carbonyl (C=O) groups excluding carboxylic acids is 1. The standard InChI is InChI=1S/C28H47O5P/c1-20-12-14-21(15-13-20)28(26-11-7-6-10-25(26)27(29)32-28)22-16-18-23(19-17-22)33-34(30,31-2)24-8-4-3-5-9-24/h20-26H,3-19H2,1-2H3. The Labute approximate surface area is 207 Å². The summed E-state index contributed by atoms with van der Waals surface area (Å²) in [7, 11) is -1.49. The van der Waals surface area contributed by atoms with E-state index < -0.39 is 7.60 Å². The van der Waals surface area contributed by atoms with Crippen molar-refractivity contribution in [2.45, 2.75) is 133 Å². The molecule has 0 aromatic carbocycles. The van der Waals surface area contributed by atoms with Crippen molar-refractivity contribution < 1.29 is 23.1 Å². The lowest BCUT2D eigenvalue weighted by atomic mass is 9.57. The topological polar surface area (TPSA) is 61.8 Å². The van der Waals surface area contributed by atoms with Gasteiger partial charge in [-0.2, -0.15) is 0 Å². The van der Waals surface area contributed by atoms with Crippen molar-refractivity contribution in [2.75, 3.05) is 7.11 Å². The molecule has 4 saturated carbocycles. The van der Waals surface area contributed by atoms with Crippen LogP contribution >= 0.6 is 7.60 Å². The van der Waals surface area contributed by atoms with Crippen molar-refractivity contribution in [1.29, 1.82) is 0 Å². The molecule has 4 atom stereocenters. The second kappa shape index (κ2) is 10.5. The molecule has 6 heteroatoms. The van der Waals surface area contributed by atoms with Crippen LogP contribution in [0.25, 0.3) is 0 Å². The highest BCUT2D eigenvalue weighted by atomic mass is 31.2. The van der Waals surface area contributed by atoms with Gasteiger partial charge in [-0.25, -0.2) is 0 Å². The third-order valence-electron chi connectivity index (χ3n) is 10.5. The van der Waals surface area contributed by atoms with Crippen LogP contribution in [0.4, 0.5) is 0 Å². The average Bonchev–Trinajstić information content (AvgIpc) is 3.19. The van der Waals surface area contributed by atoms with Crippen LogP contribution < -0.4 is 0 Å². The van der Waals surface area contributed by atoms with Crippen LogP contribution in [0, 0.1) is 29.6 Å². The highest BCUT2D eigenvalue weighted by Gasteiger charge is 2.62. The minimum absolute atomic E-state index is 0.00615. The Kier molecular flexibility index (Phi) is 7.84. The lowest BCUT2D eigenvalue weighted by molar-refractivity contribution is -0.171. The quantitative estimate of drug-likeness (QED) is 0.280. The summed E-state index contributed by atoms with van der Waals surface area (Å²) in [6.45, 7) is 2.37. The molecular formula is C28H47O5P. The number of hydrogen-bond donors (Lipinski definition) is 0. The maximum absolute atomic E-state index is 13.6. The molecule has 194 valence electrons. The molecule has 0 spiro atoms. The summed E-state index contributed by atoms with van der Waals surface area (Å²) in [4.78, 5) is 13.1. The molecular weight excluding hydrogens is 447 g/mol. The van der Waals surface area contributed by atoms with Gasteiger partial charge in [0, 0.05) is 13.0 Å². The summed E-state index contributed by atoms with van der Waals surface area (Å²) in [6.07, 6.45) is 18.8. The van der Waals surface area contributed by atoms with Gasteiger partial charge in [0.15, 0.2) is 0 Å². The van der Waals surface area contributed by atoms with Gasteiger partial charge in [-0.05, 0) is 82.0 Å². The molecule has 0 radical (unpaired) electrons. The first kappa shape index (κ1) is 25.3. The number of esters is 1. The SMILES string of the molecule is COP(=O)(OC1CCC(C2(C3CCC(C)CC3)OC(=O)C3CCCCC32)CC1)C1CCCCC1. The van der Waals surface area contributed by atoms with Gasteiger partial charge < -0.3 is 13.8 Å². The Bertz CT molecular complexity index is 748. The van der Waals surface area contributed by atoms with Crippen molar-refractivity contribution >= 4 is 13.6 Å². The number of ether oxygens (including phenoxy) is 1. The molecule has 34 heavy (non-hydrogen) atoms.